The minimum atomic E-state index is 0.412. The van der Waals surface area contributed by atoms with Crippen molar-refractivity contribution in [1.29, 1.82) is 5.26 Å². The fraction of sp³-hybridized carbons (Fsp3) is 0.441. The fourth-order valence-corrected chi connectivity index (χ4v) is 6.97. The van der Waals surface area contributed by atoms with E-state index in [0.29, 0.717) is 24.0 Å². The highest BCUT2D eigenvalue weighted by Crippen LogP contribution is 2.26. The van der Waals surface area contributed by atoms with E-state index in [0.717, 1.165) is 60.6 Å². The van der Waals surface area contributed by atoms with Crippen molar-refractivity contribution in [2.45, 2.75) is 72.6 Å². The standard InChI is InChI=1S/C34H43N5OP2/c1-4-6-23(2)20-39-29-15-24(3)16-32(42)34(29)37-33(39)21-38-13-11-25(12-14-38)17-27-7-5-8-28(36-27)22-40-30-10-9-26(19-35)18-31(30)41/h5,7-10,15-16,18,23,25H,4,6,11-14,17,20-22,41-42H2,1-3H3/t23-/m0/s1. The molecule has 1 fully saturated rings. The van der Waals surface area contributed by atoms with E-state index in [4.69, 9.17) is 20.0 Å². The summed E-state index contributed by atoms with van der Waals surface area (Å²) < 4.78 is 8.51. The first-order valence-corrected chi connectivity index (χ1v) is 16.3. The van der Waals surface area contributed by atoms with Crippen LogP contribution in [0.15, 0.2) is 48.5 Å². The molecule has 0 N–H and O–H groups in total. The number of likely N-dealkylation sites (tertiary alicyclic amines) is 1. The normalized spacial score (nSPS) is 15.1. The van der Waals surface area contributed by atoms with Gasteiger partial charge in [0.05, 0.1) is 34.9 Å². The molecule has 42 heavy (non-hydrogen) atoms. The fourth-order valence-electron chi connectivity index (χ4n) is 6.13. The SMILES string of the molecule is CCC[C@H](C)Cn1c(CN2CCC(Cc3cccc(COc4ccc(C#N)cc4P)n3)CC2)nc2c(P)cc(C)cc21. The quantitative estimate of drug-likeness (QED) is 0.196. The van der Waals surface area contributed by atoms with E-state index in [1.54, 1.807) is 6.07 Å². The number of imidazole rings is 1. The Morgan fingerprint density at radius 3 is 2.57 bits per heavy atom. The number of hydrogen-bond donors (Lipinski definition) is 0. The van der Waals surface area contributed by atoms with Gasteiger partial charge in [-0.3, -0.25) is 9.88 Å². The lowest BCUT2D eigenvalue weighted by atomic mass is 9.92. The maximum Gasteiger partial charge on any atom is 0.130 e. The number of pyridine rings is 1. The van der Waals surface area contributed by atoms with Gasteiger partial charge in [0.15, 0.2) is 0 Å². The minimum absolute atomic E-state index is 0.412. The molecule has 4 aromatic rings. The van der Waals surface area contributed by atoms with Crippen molar-refractivity contribution in [3.05, 3.63) is 76.9 Å². The van der Waals surface area contributed by atoms with Crippen LogP contribution in [0.1, 0.15) is 67.9 Å². The Balaban J connectivity index is 1.19. The number of aromatic nitrogens is 3. The van der Waals surface area contributed by atoms with E-state index in [1.165, 1.54) is 47.9 Å². The number of nitriles is 1. The summed E-state index contributed by atoms with van der Waals surface area (Å²) in [6.45, 7) is 11.3. The first kappa shape index (κ1) is 30.6. The van der Waals surface area contributed by atoms with Gasteiger partial charge in [-0.1, -0.05) is 26.3 Å². The Morgan fingerprint density at radius 1 is 1.05 bits per heavy atom. The first-order valence-electron chi connectivity index (χ1n) is 15.2. The smallest absolute Gasteiger partial charge is 0.130 e. The first-order chi connectivity index (χ1) is 20.3. The lowest BCUT2D eigenvalue weighted by Crippen LogP contribution is -2.35. The van der Waals surface area contributed by atoms with Crippen molar-refractivity contribution < 1.29 is 4.74 Å². The molecular weight excluding hydrogens is 556 g/mol. The summed E-state index contributed by atoms with van der Waals surface area (Å²) in [7, 11) is 5.54. The highest BCUT2D eigenvalue weighted by molar-refractivity contribution is 7.28. The molecule has 2 aromatic heterocycles. The highest BCUT2D eigenvalue weighted by Gasteiger charge is 2.23. The molecular formula is C34H43N5OP2. The van der Waals surface area contributed by atoms with E-state index < -0.39 is 0 Å². The topological polar surface area (TPSA) is 67.0 Å². The Hall–Kier alpha value is -2.83. The zero-order chi connectivity index (χ0) is 29.6. The van der Waals surface area contributed by atoms with Crippen LogP contribution < -0.4 is 15.3 Å². The molecule has 6 nitrogen and oxygen atoms in total. The molecule has 0 amide bonds. The number of aryl methyl sites for hydroxylation is 1. The molecule has 0 aliphatic carbocycles. The molecule has 3 atom stereocenters. The third kappa shape index (κ3) is 7.57. The van der Waals surface area contributed by atoms with Gasteiger partial charge >= 0.3 is 0 Å². The van der Waals surface area contributed by atoms with Crippen LogP contribution in [0.25, 0.3) is 11.0 Å². The van der Waals surface area contributed by atoms with Gasteiger partial charge in [0.1, 0.15) is 18.2 Å². The van der Waals surface area contributed by atoms with E-state index >= 15 is 0 Å². The number of benzene rings is 2. The number of rotatable bonds is 11. The van der Waals surface area contributed by atoms with Crippen LogP contribution in [-0.4, -0.2) is 32.5 Å². The summed E-state index contributed by atoms with van der Waals surface area (Å²) in [4.78, 5) is 12.7. The molecule has 8 heteroatoms. The van der Waals surface area contributed by atoms with Crippen molar-refractivity contribution in [1.82, 2.24) is 19.4 Å². The maximum absolute atomic E-state index is 9.09. The van der Waals surface area contributed by atoms with Gasteiger partial charge in [0.2, 0.25) is 0 Å². The largest absolute Gasteiger partial charge is 0.487 e. The van der Waals surface area contributed by atoms with Crippen molar-refractivity contribution in [2.24, 2.45) is 11.8 Å². The van der Waals surface area contributed by atoms with Crippen LogP contribution in [0.2, 0.25) is 0 Å². The summed E-state index contributed by atoms with van der Waals surface area (Å²) in [5.41, 5.74) is 6.38. The van der Waals surface area contributed by atoms with Crippen molar-refractivity contribution in [3.63, 3.8) is 0 Å². The van der Waals surface area contributed by atoms with Crippen LogP contribution in [0.4, 0.5) is 0 Å². The van der Waals surface area contributed by atoms with Gasteiger partial charge in [-0.15, -0.1) is 18.5 Å². The number of nitrogens with zero attached hydrogens (tertiary/aromatic N) is 5. The molecule has 2 aromatic carbocycles. The van der Waals surface area contributed by atoms with Crippen LogP contribution in [-0.2, 0) is 26.1 Å². The predicted octanol–water partition coefficient (Wildman–Crippen LogP) is 6.08. The molecule has 2 unspecified atom stereocenters. The summed E-state index contributed by atoms with van der Waals surface area (Å²) in [6.07, 6.45) is 5.79. The number of hydrogen-bond acceptors (Lipinski definition) is 5. The van der Waals surface area contributed by atoms with E-state index in [2.05, 4.69) is 79.1 Å². The second-order valence-corrected chi connectivity index (χ2v) is 13.2. The van der Waals surface area contributed by atoms with E-state index in [9.17, 15) is 0 Å². The highest BCUT2D eigenvalue weighted by atomic mass is 31.0. The van der Waals surface area contributed by atoms with Crippen LogP contribution >= 0.6 is 18.5 Å². The van der Waals surface area contributed by atoms with Crippen molar-refractivity contribution in [3.8, 4) is 11.8 Å². The van der Waals surface area contributed by atoms with Crippen molar-refractivity contribution >= 4 is 40.1 Å². The Morgan fingerprint density at radius 2 is 1.83 bits per heavy atom. The molecule has 1 aliphatic rings. The van der Waals surface area contributed by atoms with Gasteiger partial charge in [0, 0.05) is 17.5 Å². The maximum atomic E-state index is 9.09. The molecule has 1 aliphatic heterocycles. The molecule has 220 valence electrons. The molecule has 3 heterocycles. The van der Waals surface area contributed by atoms with Crippen LogP contribution in [0, 0.1) is 30.1 Å². The minimum Gasteiger partial charge on any atom is -0.487 e. The second-order valence-electron chi connectivity index (χ2n) is 12.0. The average Bonchev–Trinajstić information content (AvgIpc) is 3.30. The third-order valence-corrected chi connectivity index (χ3v) is 9.22. The molecule has 5 rings (SSSR count). The average molecular weight is 600 g/mol. The van der Waals surface area contributed by atoms with Gasteiger partial charge in [0.25, 0.3) is 0 Å². The zero-order valence-electron chi connectivity index (χ0n) is 25.1. The monoisotopic (exact) mass is 599 g/mol. The third-order valence-electron chi connectivity index (χ3n) is 8.33. The number of fused-ring (bicyclic) bond motifs is 1. The molecule has 0 radical (unpaired) electrons. The van der Waals surface area contributed by atoms with Gasteiger partial charge in [-0.05, 0) is 111 Å². The molecule has 1 saturated heterocycles. The second kappa shape index (κ2) is 14.1. The van der Waals surface area contributed by atoms with Crippen molar-refractivity contribution in [2.75, 3.05) is 13.1 Å². The van der Waals surface area contributed by atoms with Gasteiger partial charge < -0.3 is 9.30 Å². The number of ether oxygens (including phenoxy) is 1. The zero-order valence-corrected chi connectivity index (χ0v) is 27.5. The lowest BCUT2D eigenvalue weighted by Gasteiger charge is -2.32. The molecule has 0 bridgehead atoms. The van der Waals surface area contributed by atoms with Crippen LogP contribution in [0.3, 0.4) is 0 Å². The predicted molar refractivity (Wildman–Crippen MR) is 179 cm³/mol. The van der Waals surface area contributed by atoms with Gasteiger partial charge in [-0.25, -0.2) is 4.98 Å². The Kier molecular flexibility index (Phi) is 10.3. The van der Waals surface area contributed by atoms with E-state index in [1.807, 2.05) is 18.2 Å². The Labute approximate surface area is 255 Å². The van der Waals surface area contributed by atoms with E-state index in [-0.39, 0.29) is 0 Å². The summed E-state index contributed by atoms with van der Waals surface area (Å²) in [5.74, 6) is 3.22. The summed E-state index contributed by atoms with van der Waals surface area (Å²) in [5, 5.41) is 11.2. The lowest BCUT2D eigenvalue weighted by molar-refractivity contribution is 0.170. The Bertz CT molecular complexity index is 1570. The molecule has 0 saturated carbocycles. The van der Waals surface area contributed by atoms with Crippen LogP contribution in [0.5, 0.6) is 5.75 Å². The summed E-state index contributed by atoms with van der Waals surface area (Å²) in [6, 6.07) is 18.4. The summed E-state index contributed by atoms with van der Waals surface area (Å²) >= 11 is 0. The van der Waals surface area contributed by atoms with Gasteiger partial charge in [-0.2, -0.15) is 5.26 Å². The molecule has 0 spiro atoms. The number of piperidine rings is 1.